The highest BCUT2D eigenvalue weighted by Crippen LogP contribution is 2.50. The molecule has 184 valence electrons. The van der Waals surface area contributed by atoms with E-state index in [1.54, 1.807) is 30.3 Å². The number of hydrogen-bond donors (Lipinski definition) is 5. The van der Waals surface area contributed by atoms with Crippen LogP contribution in [0.1, 0.15) is 28.9 Å². The van der Waals surface area contributed by atoms with E-state index < -0.39 is 31.3 Å². The molecule has 3 aromatic carbocycles. The van der Waals surface area contributed by atoms with E-state index in [1.165, 1.54) is 0 Å². The molecule has 0 heterocycles. The first-order chi connectivity index (χ1) is 16.6. The number of carboxylic acids is 1. The minimum absolute atomic E-state index is 0.0926. The molecule has 0 saturated heterocycles. The van der Waals surface area contributed by atoms with E-state index in [9.17, 15) is 23.9 Å². The highest BCUT2D eigenvalue weighted by molar-refractivity contribution is 7.52. The van der Waals surface area contributed by atoms with Crippen LogP contribution in [0.25, 0.3) is 11.1 Å². The maximum absolute atomic E-state index is 12.9. The van der Waals surface area contributed by atoms with Gasteiger partial charge in [-0.1, -0.05) is 84.4 Å². The van der Waals surface area contributed by atoms with E-state index in [1.807, 2.05) is 55.5 Å². The Morgan fingerprint density at radius 2 is 1.46 bits per heavy atom. The minimum atomic E-state index is -4.67. The Hall–Kier alpha value is -3.29. The van der Waals surface area contributed by atoms with Crippen molar-refractivity contribution in [3.8, 4) is 11.1 Å². The largest absolute Gasteiger partial charge is 0.481 e. The van der Waals surface area contributed by atoms with Gasteiger partial charge in [-0.2, -0.15) is 0 Å². The molecule has 0 aromatic heterocycles. The third-order valence-corrected chi connectivity index (χ3v) is 6.66. The van der Waals surface area contributed by atoms with Crippen molar-refractivity contribution in [2.24, 2.45) is 0 Å². The average Bonchev–Trinajstić information content (AvgIpc) is 2.82. The van der Waals surface area contributed by atoms with Gasteiger partial charge in [0.1, 0.15) is 5.78 Å². The molecule has 0 bridgehead atoms. The second-order valence-corrected chi connectivity index (χ2v) is 10.0. The molecule has 2 atom stereocenters. The normalized spacial score (nSPS) is 13.1. The molecule has 0 aliphatic carbocycles. The summed E-state index contributed by atoms with van der Waals surface area (Å²) < 4.78 is 12.3. The predicted molar refractivity (Wildman–Crippen MR) is 134 cm³/mol. The number of benzene rings is 3. The van der Waals surface area contributed by atoms with Crippen LogP contribution in [0.2, 0.25) is 0 Å². The molecular weight excluding hydrogens is 467 g/mol. The quantitative estimate of drug-likeness (QED) is 0.256. The molecule has 0 radical (unpaired) electrons. The molecule has 0 fully saturated rings. The Morgan fingerprint density at radius 1 is 0.886 bits per heavy atom. The maximum atomic E-state index is 12.9. The summed E-state index contributed by atoms with van der Waals surface area (Å²) in [4.78, 5) is 43.8. The number of nitrogens with one attached hydrogen (secondary N) is 2. The van der Waals surface area contributed by atoms with Gasteiger partial charge in [0.2, 0.25) is 5.91 Å². The molecule has 0 spiro atoms. The summed E-state index contributed by atoms with van der Waals surface area (Å²) >= 11 is 0. The molecule has 8 nitrogen and oxygen atoms in total. The maximum Gasteiger partial charge on any atom is 0.346 e. The van der Waals surface area contributed by atoms with Crippen molar-refractivity contribution in [2.75, 3.05) is 6.54 Å². The van der Waals surface area contributed by atoms with Crippen LogP contribution in [0.15, 0.2) is 78.9 Å². The Bertz CT molecular complexity index is 1180. The molecule has 3 aromatic rings. The highest BCUT2D eigenvalue weighted by Gasteiger charge is 2.34. The van der Waals surface area contributed by atoms with Crippen LogP contribution in [0.5, 0.6) is 0 Å². The molecule has 0 aliphatic rings. The van der Waals surface area contributed by atoms with Gasteiger partial charge in [0, 0.05) is 6.54 Å². The third-order valence-electron chi connectivity index (χ3n) is 5.54. The summed E-state index contributed by atoms with van der Waals surface area (Å²) in [7, 11) is -4.67. The van der Waals surface area contributed by atoms with Crippen molar-refractivity contribution >= 4 is 19.5 Å². The summed E-state index contributed by atoms with van der Waals surface area (Å²) in [6.07, 6.45) is -0.110. The van der Waals surface area contributed by atoms with Crippen molar-refractivity contribution in [1.29, 1.82) is 0 Å². The van der Waals surface area contributed by atoms with E-state index in [-0.39, 0.29) is 19.4 Å². The lowest BCUT2D eigenvalue weighted by molar-refractivity contribution is -0.137. The number of hydrogen-bond acceptors (Lipinski definition) is 4. The van der Waals surface area contributed by atoms with Gasteiger partial charge >= 0.3 is 13.6 Å². The van der Waals surface area contributed by atoms with Crippen LogP contribution in [-0.4, -0.2) is 39.4 Å². The molecule has 5 N–H and O–H groups in total. The van der Waals surface area contributed by atoms with Crippen molar-refractivity contribution in [2.45, 2.75) is 31.6 Å². The Labute approximate surface area is 204 Å². The fraction of sp³-hybridized carbons (Fsp3) is 0.231. The lowest BCUT2D eigenvalue weighted by Crippen LogP contribution is -2.47. The number of carbonyl (C=O) groups excluding carboxylic acids is 1. The van der Waals surface area contributed by atoms with Gasteiger partial charge in [-0.3, -0.25) is 19.5 Å². The predicted octanol–water partition coefficient (Wildman–Crippen LogP) is 3.63. The topological polar surface area (TPSA) is 136 Å². The van der Waals surface area contributed by atoms with Gasteiger partial charge in [-0.15, -0.1) is 0 Å². The zero-order valence-electron chi connectivity index (χ0n) is 19.3. The number of carbonyl (C=O) groups is 2. The molecule has 0 saturated carbocycles. The van der Waals surface area contributed by atoms with E-state index in [0.29, 0.717) is 5.56 Å². The lowest BCUT2D eigenvalue weighted by Gasteiger charge is -2.26. The molecule has 0 aliphatic heterocycles. The Morgan fingerprint density at radius 3 is 2.00 bits per heavy atom. The smallest absolute Gasteiger partial charge is 0.346 e. The van der Waals surface area contributed by atoms with E-state index in [0.717, 1.165) is 22.3 Å². The fourth-order valence-electron chi connectivity index (χ4n) is 3.67. The standard InChI is InChI=1S/C26H29N2O6P/c1-18-7-11-20(12-8-18)21-13-9-19(10-14-21)17-23(25(31)27-16-15-24(29)30)28-26(35(32,33)34)22-5-3-2-4-6-22/h2-14,23,26,28H,15-17H2,1H3,(H,27,31)(H,29,30)(H2,32,33,34). The van der Waals surface area contributed by atoms with Crippen LogP contribution >= 0.6 is 7.60 Å². The Balaban J connectivity index is 1.83. The SMILES string of the molecule is Cc1ccc(-c2ccc(CC(NC(c3ccccc3)P(=O)(O)O)C(=O)NCCC(=O)O)cc2)cc1. The molecular formula is C26H29N2O6P. The fourth-order valence-corrected chi connectivity index (χ4v) is 4.61. The number of aryl methyl sites for hydroxylation is 1. The van der Waals surface area contributed by atoms with Gasteiger partial charge in [-0.25, -0.2) is 0 Å². The van der Waals surface area contributed by atoms with Crippen LogP contribution in [0.4, 0.5) is 0 Å². The summed E-state index contributed by atoms with van der Waals surface area (Å²) in [6, 6.07) is 22.9. The highest BCUT2D eigenvalue weighted by atomic mass is 31.2. The second kappa shape index (κ2) is 11.9. The molecule has 35 heavy (non-hydrogen) atoms. The van der Waals surface area contributed by atoms with Gasteiger partial charge in [0.15, 0.2) is 0 Å². The van der Waals surface area contributed by atoms with Crippen molar-refractivity contribution in [1.82, 2.24) is 10.6 Å². The zero-order valence-corrected chi connectivity index (χ0v) is 20.2. The van der Waals surface area contributed by atoms with Crippen LogP contribution < -0.4 is 10.6 Å². The molecule has 3 rings (SSSR count). The lowest BCUT2D eigenvalue weighted by atomic mass is 9.99. The summed E-state index contributed by atoms with van der Waals surface area (Å²) in [6.45, 7) is 1.92. The van der Waals surface area contributed by atoms with E-state index in [4.69, 9.17) is 5.11 Å². The van der Waals surface area contributed by atoms with Gasteiger partial charge in [0.25, 0.3) is 0 Å². The summed E-state index contributed by atoms with van der Waals surface area (Å²) in [5.74, 6) is -2.99. The molecule has 2 unspecified atom stereocenters. The van der Waals surface area contributed by atoms with Crippen LogP contribution in [0, 0.1) is 6.92 Å². The summed E-state index contributed by atoms with van der Waals surface area (Å²) in [5, 5.41) is 14.2. The van der Waals surface area contributed by atoms with Gasteiger partial charge in [0.05, 0.1) is 12.5 Å². The van der Waals surface area contributed by atoms with Crippen LogP contribution in [0.3, 0.4) is 0 Å². The number of rotatable bonds is 11. The first-order valence-corrected chi connectivity index (χ1v) is 12.8. The molecule has 9 heteroatoms. The summed E-state index contributed by atoms with van der Waals surface area (Å²) in [5.41, 5.74) is 4.34. The Kier molecular flexibility index (Phi) is 8.95. The number of carboxylic acid groups (broad SMARTS) is 1. The zero-order chi connectivity index (χ0) is 25.4. The van der Waals surface area contributed by atoms with Crippen molar-refractivity contribution < 1.29 is 29.0 Å². The third kappa shape index (κ3) is 7.87. The minimum Gasteiger partial charge on any atom is -0.481 e. The van der Waals surface area contributed by atoms with E-state index in [2.05, 4.69) is 10.6 Å². The van der Waals surface area contributed by atoms with Gasteiger partial charge in [-0.05, 0) is 35.6 Å². The monoisotopic (exact) mass is 496 g/mol. The number of amides is 1. The number of aliphatic carboxylic acids is 1. The van der Waals surface area contributed by atoms with Crippen LogP contribution in [-0.2, 0) is 20.6 Å². The second-order valence-electron chi connectivity index (χ2n) is 8.32. The molecule has 1 amide bonds. The van der Waals surface area contributed by atoms with Crippen molar-refractivity contribution in [3.05, 3.63) is 95.6 Å². The van der Waals surface area contributed by atoms with E-state index >= 15 is 0 Å². The van der Waals surface area contributed by atoms with Crippen molar-refractivity contribution in [3.63, 3.8) is 0 Å². The average molecular weight is 497 g/mol. The first-order valence-electron chi connectivity index (χ1n) is 11.1. The van der Waals surface area contributed by atoms with Gasteiger partial charge < -0.3 is 20.2 Å². The first kappa shape index (κ1) is 26.3.